The van der Waals surface area contributed by atoms with Crippen LogP contribution in [0.15, 0.2) is 30.3 Å². The van der Waals surface area contributed by atoms with Gasteiger partial charge in [0.15, 0.2) is 5.78 Å². The van der Waals surface area contributed by atoms with E-state index in [9.17, 15) is 15.2 Å². The van der Waals surface area contributed by atoms with Gasteiger partial charge < -0.3 is 14.4 Å². The van der Waals surface area contributed by atoms with Crippen LogP contribution in [-0.2, 0) is 11.2 Å². The molecule has 0 radical (unpaired) electrons. The summed E-state index contributed by atoms with van der Waals surface area (Å²) in [5.74, 6) is 0.868. The molecule has 5 rings (SSSR count). The smallest absolute Gasteiger partial charge is 0.178 e. The number of ketones is 1. The minimum atomic E-state index is -0.295. The van der Waals surface area contributed by atoms with Crippen molar-refractivity contribution in [2.24, 2.45) is 5.92 Å². The third-order valence-electron chi connectivity index (χ3n) is 8.24. The minimum absolute atomic E-state index is 0.133. The number of hydrogen-bond acceptors (Lipinski definition) is 5. The summed E-state index contributed by atoms with van der Waals surface area (Å²) < 4.78 is 7.70. The lowest BCUT2D eigenvalue weighted by molar-refractivity contribution is 0.0633. The van der Waals surface area contributed by atoms with E-state index in [4.69, 9.17) is 4.74 Å². The van der Waals surface area contributed by atoms with Gasteiger partial charge in [0.25, 0.3) is 0 Å². The van der Waals surface area contributed by atoms with E-state index in [2.05, 4.69) is 21.6 Å². The van der Waals surface area contributed by atoms with Crippen LogP contribution in [0.4, 0.5) is 0 Å². The van der Waals surface area contributed by atoms with E-state index in [-0.39, 0.29) is 17.9 Å². The molecule has 6 heteroatoms. The van der Waals surface area contributed by atoms with E-state index in [0.717, 1.165) is 86.7 Å². The monoisotopic (exact) mass is 461 g/mol. The second-order valence-corrected chi connectivity index (χ2v) is 10.3. The Morgan fingerprint density at radius 3 is 2.59 bits per heavy atom. The largest absolute Gasteiger partial charge is 0.391 e. The summed E-state index contributed by atoms with van der Waals surface area (Å²) in [5.41, 5.74) is 4.53. The van der Waals surface area contributed by atoms with Crippen molar-refractivity contribution in [1.82, 2.24) is 9.47 Å². The van der Waals surface area contributed by atoms with E-state index in [1.165, 1.54) is 6.42 Å². The van der Waals surface area contributed by atoms with Crippen molar-refractivity contribution >= 4 is 5.78 Å². The zero-order chi connectivity index (χ0) is 23.7. The number of Topliss-reactive ketones (excluding diaryl/α,β-unsaturated/α-hetero) is 1. The quantitative estimate of drug-likeness (QED) is 0.597. The number of aromatic nitrogens is 1. The van der Waals surface area contributed by atoms with Crippen LogP contribution in [0.2, 0.25) is 0 Å². The van der Waals surface area contributed by atoms with Gasteiger partial charge in [0, 0.05) is 47.9 Å². The summed E-state index contributed by atoms with van der Waals surface area (Å²) in [4.78, 5) is 15.7. The van der Waals surface area contributed by atoms with Gasteiger partial charge in [0.1, 0.15) is 0 Å². The molecule has 180 valence electrons. The van der Waals surface area contributed by atoms with Gasteiger partial charge in [-0.2, -0.15) is 5.26 Å². The molecule has 4 heterocycles. The number of aryl methyl sites for hydroxylation is 1. The summed E-state index contributed by atoms with van der Waals surface area (Å²) in [7, 11) is 0. The van der Waals surface area contributed by atoms with Crippen LogP contribution in [0.3, 0.4) is 0 Å². The molecule has 6 nitrogen and oxygen atoms in total. The topological polar surface area (TPSA) is 78.5 Å². The van der Waals surface area contributed by atoms with Crippen LogP contribution in [0, 0.1) is 24.2 Å². The predicted octanol–water partition coefficient (Wildman–Crippen LogP) is 4.19. The van der Waals surface area contributed by atoms with E-state index >= 15 is 0 Å². The molecule has 0 amide bonds. The number of carbonyl (C=O) groups excluding carboxylic acids is 1. The van der Waals surface area contributed by atoms with E-state index in [1.54, 1.807) is 0 Å². The number of hydrogen-bond donors (Lipinski definition) is 1. The Balaban J connectivity index is 1.37. The van der Waals surface area contributed by atoms with Gasteiger partial charge in [-0.05, 0) is 94.5 Å². The molecule has 3 aliphatic rings. The first-order valence-electron chi connectivity index (χ1n) is 12.8. The van der Waals surface area contributed by atoms with Gasteiger partial charge in [-0.15, -0.1) is 0 Å². The molecule has 34 heavy (non-hydrogen) atoms. The molecule has 3 atom stereocenters. The molecule has 3 aliphatic heterocycles. The van der Waals surface area contributed by atoms with Crippen molar-refractivity contribution in [1.29, 1.82) is 5.26 Å². The first-order chi connectivity index (χ1) is 16.5. The van der Waals surface area contributed by atoms with Crippen molar-refractivity contribution in [3.05, 3.63) is 52.8 Å². The SMILES string of the molecule is Cc1c(C(=O)CN2[C@@H]3CC[C@H]2[C@@H](O)C3)cc(CCCC2CCOCC2)n1-c1ccc(C#N)cc1. The van der Waals surface area contributed by atoms with Crippen LogP contribution in [-0.4, -0.2) is 58.3 Å². The summed E-state index contributed by atoms with van der Waals surface area (Å²) in [5, 5.41) is 19.5. The van der Waals surface area contributed by atoms with Crippen LogP contribution in [0.1, 0.15) is 72.3 Å². The van der Waals surface area contributed by atoms with Crippen molar-refractivity contribution in [3.63, 3.8) is 0 Å². The molecule has 0 saturated carbocycles. The van der Waals surface area contributed by atoms with Gasteiger partial charge in [-0.25, -0.2) is 0 Å². The molecule has 3 fully saturated rings. The molecular weight excluding hydrogens is 426 g/mol. The number of rotatable bonds is 8. The van der Waals surface area contributed by atoms with Gasteiger partial charge >= 0.3 is 0 Å². The molecule has 0 unspecified atom stereocenters. The second-order valence-electron chi connectivity index (χ2n) is 10.3. The number of ether oxygens (including phenoxy) is 1. The molecule has 2 bridgehead atoms. The summed E-state index contributed by atoms with van der Waals surface area (Å²) in [6, 6.07) is 12.4. The molecule has 1 aromatic heterocycles. The van der Waals surface area contributed by atoms with Crippen molar-refractivity contribution in [3.8, 4) is 11.8 Å². The fourth-order valence-corrected chi connectivity index (χ4v) is 6.35. The number of aliphatic hydroxyl groups is 1. The zero-order valence-corrected chi connectivity index (χ0v) is 20.1. The summed E-state index contributed by atoms with van der Waals surface area (Å²) in [6.07, 6.45) is 8.03. The van der Waals surface area contributed by atoms with E-state index in [0.29, 0.717) is 18.2 Å². The maximum Gasteiger partial charge on any atom is 0.178 e. The number of aliphatic hydroxyl groups excluding tert-OH is 1. The van der Waals surface area contributed by atoms with Gasteiger partial charge in [-0.3, -0.25) is 9.69 Å². The lowest BCUT2D eigenvalue weighted by Crippen LogP contribution is -2.36. The van der Waals surface area contributed by atoms with Crippen LogP contribution >= 0.6 is 0 Å². The standard InChI is InChI=1S/C28H35N3O3/c1-19-25(28(33)18-30-23-9-10-26(30)27(32)16-23)15-24(4-2-3-20-11-13-34-14-12-20)31(19)22-7-5-21(17-29)6-8-22/h5-8,15,20,23,26-27,32H,2-4,9-14,16,18H2,1H3/t23-,26+,27+/m1/s1. The van der Waals surface area contributed by atoms with Crippen LogP contribution < -0.4 is 0 Å². The van der Waals surface area contributed by atoms with Crippen molar-refractivity contribution in [2.45, 2.75) is 76.5 Å². The Hall–Kier alpha value is -2.46. The number of carbonyl (C=O) groups is 1. The van der Waals surface area contributed by atoms with Gasteiger partial charge in [-0.1, -0.05) is 0 Å². The third-order valence-corrected chi connectivity index (χ3v) is 8.24. The minimum Gasteiger partial charge on any atom is -0.391 e. The molecule has 0 spiro atoms. The maximum atomic E-state index is 13.5. The van der Waals surface area contributed by atoms with Gasteiger partial charge in [0.2, 0.25) is 0 Å². The lowest BCUT2D eigenvalue weighted by Gasteiger charge is -2.22. The Morgan fingerprint density at radius 2 is 1.94 bits per heavy atom. The first kappa shape index (κ1) is 23.3. The average molecular weight is 462 g/mol. The van der Waals surface area contributed by atoms with Crippen molar-refractivity contribution < 1.29 is 14.6 Å². The number of nitriles is 1. The van der Waals surface area contributed by atoms with Crippen molar-refractivity contribution in [2.75, 3.05) is 19.8 Å². The normalized spacial score (nSPS) is 25.0. The fourth-order valence-electron chi connectivity index (χ4n) is 6.35. The fraction of sp³-hybridized carbons (Fsp3) is 0.571. The second kappa shape index (κ2) is 10.0. The Bertz CT molecular complexity index is 1060. The Kier molecular flexibility index (Phi) is 6.87. The van der Waals surface area contributed by atoms with Crippen LogP contribution in [0.25, 0.3) is 5.69 Å². The lowest BCUT2D eigenvalue weighted by atomic mass is 9.94. The third kappa shape index (κ3) is 4.57. The molecule has 3 saturated heterocycles. The number of benzene rings is 1. The Labute approximate surface area is 202 Å². The molecular formula is C28H35N3O3. The Morgan fingerprint density at radius 1 is 1.18 bits per heavy atom. The predicted molar refractivity (Wildman–Crippen MR) is 130 cm³/mol. The highest BCUT2D eigenvalue weighted by Gasteiger charge is 2.46. The first-order valence-corrected chi connectivity index (χ1v) is 12.8. The summed E-state index contributed by atoms with van der Waals surface area (Å²) >= 11 is 0. The molecule has 0 aliphatic carbocycles. The maximum absolute atomic E-state index is 13.5. The highest BCUT2D eigenvalue weighted by Crippen LogP contribution is 2.38. The molecule has 2 aromatic rings. The van der Waals surface area contributed by atoms with Crippen LogP contribution in [0.5, 0.6) is 0 Å². The number of fused-ring (bicyclic) bond motifs is 2. The number of nitrogens with zero attached hydrogens (tertiary/aromatic N) is 3. The van der Waals surface area contributed by atoms with Gasteiger partial charge in [0.05, 0.1) is 24.3 Å². The molecule has 1 aromatic carbocycles. The molecule has 1 N–H and O–H groups in total. The highest BCUT2D eigenvalue weighted by atomic mass is 16.5. The average Bonchev–Trinajstić information content (AvgIpc) is 3.49. The zero-order valence-electron chi connectivity index (χ0n) is 20.1. The summed E-state index contributed by atoms with van der Waals surface area (Å²) in [6.45, 7) is 4.15. The van der Waals surface area contributed by atoms with E-state index in [1.807, 2.05) is 31.2 Å². The highest BCUT2D eigenvalue weighted by molar-refractivity contribution is 5.99. The van der Waals surface area contributed by atoms with E-state index < -0.39 is 0 Å².